The lowest BCUT2D eigenvalue weighted by Crippen LogP contribution is -2.18. The van der Waals surface area contributed by atoms with E-state index in [9.17, 15) is 5.11 Å². The van der Waals surface area contributed by atoms with Crippen molar-refractivity contribution in [1.29, 1.82) is 0 Å². The fourth-order valence-corrected chi connectivity index (χ4v) is 2.76. The van der Waals surface area contributed by atoms with E-state index in [1.165, 1.54) is 0 Å². The van der Waals surface area contributed by atoms with Gasteiger partial charge in [-0.25, -0.2) is 0 Å². The predicted octanol–water partition coefficient (Wildman–Crippen LogP) is 3.29. The quantitative estimate of drug-likeness (QED) is 0.902. The lowest BCUT2D eigenvalue weighted by Gasteiger charge is -2.14. The van der Waals surface area contributed by atoms with E-state index in [0.717, 1.165) is 35.4 Å². The van der Waals surface area contributed by atoms with Gasteiger partial charge in [-0.05, 0) is 37.0 Å². The molecule has 1 aromatic heterocycles. The summed E-state index contributed by atoms with van der Waals surface area (Å²) in [4.78, 5) is 0. The van der Waals surface area contributed by atoms with Crippen molar-refractivity contribution in [1.82, 2.24) is 9.78 Å². The van der Waals surface area contributed by atoms with Crippen LogP contribution in [0.5, 0.6) is 0 Å². The first-order chi connectivity index (χ1) is 8.74. The molecule has 2 unspecified atom stereocenters. The number of aliphatic hydroxyl groups excluding tert-OH is 1. The van der Waals surface area contributed by atoms with E-state index >= 15 is 0 Å². The van der Waals surface area contributed by atoms with Crippen LogP contribution in [0.15, 0.2) is 36.7 Å². The fraction of sp³-hybridized carbons (Fsp3) is 0.357. The third-order valence-electron chi connectivity index (χ3n) is 3.54. The lowest BCUT2D eigenvalue weighted by atomic mass is 10.1. The van der Waals surface area contributed by atoms with Crippen molar-refractivity contribution < 1.29 is 5.11 Å². The Hall–Kier alpha value is -1.32. The van der Waals surface area contributed by atoms with E-state index in [2.05, 4.69) is 5.10 Å². The number of hydrogen-bond donors (Lipinski definition) is 1. The maximum atomic E-state index is 9.88. The second-order valence-electron chi connectivity index (χ2n) is 4.78. The largest absolute Gasteiger partial charge is 0.391 e. The Morgan fingerprint density at radius 2 is 2.17 bits per heavy atom. The molecular formula is C14H15ClN2O. The van der Waals surface area contributed by atoms with Gasteiger partial charge in [0.1, 0.15) is 0 Å². The molecule has 0 saturated heterocycles. The van der Waals surface area contributed by atoms with E-state index in [-0.39, 0.29) is 12.1 Å². The van der Waals surface area contributed by atoms with E-state index in [1.807, 2.05) is 41.3 Å². The first-order valence-corrected chi connectivity index (χ1v) is 6.60. The van der Waals surface area contributed by atoms with Crippen LogP contribution in [-0.2, 0) is 0 Å². The molecule has 0 spiro atoms. The summed E-state index contributed by atoms with van der Waals surface area (Å²) in [6.07, 6.45) is 6.49. The molecule has 4 heteroatoms. The van der Waals surface area contributed by atoms with Crippen LogP contribution in [-0.4, -0.2) is 21.0 Å². The molecule has 1 N–H and O–H groups in total. The number of rotatable bonds is 2. The molecular weight excluding hydrogens is 248 g/mol. The Bertz CT molecular complexity index is 552. The highest BCUT2D eigenvalue weighted by Gasteiger charge is 2.27. The van der Waals surface area contributed by atoms with Crippen LogP contribution in [0.4, 0.5) is 0 Å². The van der Waals surface area contributed by atoms with E-state index < -0.39 is 0 Å². The number of benzene rings is 1. The smallest absolute Gasteiger partial charge is 0.0778 e. The molecule has 0 amide bonds. The minimum Gasteiger partial charge on any atom is -0.391 e. The molecule has 3 rings (SSSR count). The molecule has 1 aromatic carbocycles. The number of nitrogens with zero attached hydrogens (tertiary/aromatic N) is 2. The number of halogens is 1. The van der Waals surface area contributed by atoms with Crippen LogP contribution >= 0.6 is 11.6 Å². The maximum Gasteiger partial charge on any atom is 0.0778 e. The topological polar surface area (TPSA) is 38.0 Å². The Labute approximate surface area is 111 Å². The van der Waals surface area contributed by atoms with Gasteiger partial charge in [-0.3, -0.25) is 4.68 Å². The summed E-state index contributed by atoms with van der Waals surface area (Å²) in [5.41, 5.74) is 2.10. The van der Waals surface area contributed by atoms with Gasteiger partial charge < -0.3 is 5.11 Å². The SMILES string of the molecule is OC1CCCC1n1cc(-c2cccc(Cl)c2)cn1. The summed E-state index contributed by atoms with van der Waals surface area (Å²) < 4.78 is 1.88. The summed E-state index contributed by atoms with van der Waals surface area (Å²) in [7, 11) is 0. The van der Waals surface area contributed by atoms with Crippen LogP contribution in [0, 0.1) is 0 Å². The Morgan fingerprint density at radius 1 is 1.28 bits per heavy atom. The van der Waals surface area contributed by atoms with Gasteiger partial charge in [0.25, 0.3) is 0 Å². The third kappa shape index (κ3) is 2.16. The maximum absolute atomic E-state index is 9.88. The normalized spacial score (nSPS) is 23.4. The van der Waals surface area contributed by atoms with Gasteiger partial charge in [0.2, 0.25) is 0 Å². The van der Waals surface area contributed by atoms with Crippen molar-refractivity contribution in [2.24, 2.45) is 0 Å². The minimum absolute atomic E-state index is 0.123. The molecule has 0 bridgehead atoms. The second kappa shape index (κ2) is 4.75. The van der Waals surface area contributed by atoms with Crippen molar-refractivity contribution in [3.8, 4) is 11.1 Å². The third-order valence-corrected chi connectivity index (χ3v) is 3.78. The van der Waals surface area contributed by atoms with Crippen LogP contribution in [0.1, 0.15) is 25.3 Å². The Morgan fingerprint density at radius 3 is 2.89 bits per heavy atom. The van der Waals surface area contributed by atoms with Gasteiger partial charge >= 0.3 is 0 Å². The second-order valence-corrected chi connectivity index (χ2v) is 5.22. The van der Waals surface area contributed by atoms with E-state index in [0.29, 0.717) is 0 Å². The molecule has 1 aliphatic carbocycles. The van der Waals surface area contributed by atoms with Crippen molar-refractivity contribution >= 4 is 11.6 Å². The first-order valence-electron chi connectivity index (χ1n) is 6.22. The highest BCUT2D eigenvalue weighted by atomic mass is 35.5. The molecule has 1 aliphatic rings. The van der Waals surface area contributed by atoms with Crippen molar-refractivity contribution in [3.05, 3.63) is 41.7 Å². The fourth-order valence-electron chi connectivity index (χ4n) is 2.57. The van der Waals surface area contributed by atoms with E-state index in [1.54, 1.807) is 0 Å². The van der Waals surface area contributed by atoms with Gasteiger partial charge in [-0.2, -0.15) is 5.10 Å². The highest BCUT2D eigenvalue weighted by Crippen LogP contribution is 2.31. The zero-order valence-electron chi connectivity index (χ0n) is 9.96. The average Bonchev–Trinajstić information content (AvgIpc) is 2.97. The van der Waals surface area contributed by atoms with Gasteiger partial charge in [-0.15, -0.1) is 0 Å². The number of aromatic nitrogens is 2. The summed E-state index contributed by atoms with van der Waals surface area (Å²) in [6.45, 7) is 0. The molecule has 2 atom stereocenters. The van der Waals surface area contributed by atoms with Crippen LogP contribution < -0.4 is 0 Å². The van der Waals surface area contributed by atoms with Crippen molar-refractivity contribution in [3.63, 3.8) is 0 Å². The monoisotopic (exact) mass is 262 g/mol. The molecule has 2 aromatic rings. The van der Waals surface area contributed by atoms with Crippen LogP contribution in [0.25, 0.3) is 11.1 Å². The molecule has 0 aliphatic heterocycles. The molecule has 0 radical (unpaired) electrons. The summed E-state index contributed by atoms with van der Waals surface area (Å²) in [5, 5.41) is 15.0. The van der Waals surface area contributed by atoms with Gasteiger partial charge in [-0.1, -0.05) is 23.7 Å². The molecule has 1 fully saturated rings. The standard InChI is InChI=1S/C14H15ClN2O/c15-12-4-1-3-10(7-12)11-8-16-17(9-11)13-5-2-6-14(13)18/h1,3-4,7-9,13-14,18H,2,5-6H2. The first kappa shape index (κ1) is 11.8. The van der Waals surface area contributed by atoms with Crippen molar-refractivity contribution in [2.75, 3.05) is 0 Å². The highest BCUT2D eigenvalue weighted by molar-refractivity contribution is 6.30. The molecule has 1 heterocycles. The lowest BCUT2D eigenvalue weighted by molar-refractivity contribution is 0.130. The molecule has 3 nitrogen and oxygen atoms in total. The molecule has 94 valence electrons. The molecule has 1 saturated carbocycles. The minimum atomic E-state index is -0.267. The van der Waals surface area contributed by atoms with Crippen molar-refractivity contribution in [2.45, 2.75) is 31.4 Å². The van der Waals surface area contributed by atoms with Gasteiger partial charge in [0.05, 0.1) is 18.3 Å². The molecule has 18 heavy (non-hydrogen) atoms. The average molecular weight is 263 g/mol. The summed E-state index contributed by atoms with van der Waals surface area (Å²) >= 11 is 5.98. The number of hydrogen-bond acceptors (Lipinski definition) is 2. The van der Waals surface area contributed by atoms with E-state index in [4.69, 9.17) is 11.6 Å². The Kier molecular flexibility index (Phi) is 3.10. The summed E-state index contributed by atoms with van der Waals surface area (Å²) in [6, 6.07) is 7.85. The van der Waals surface area contributed by atoms with Crippen LogP contribution in [0.3, 0.4) is 0 Å². The zero-order valence-corrected chi connectivity index (χ0v) is 10.7. The van der Waals surface area contributed by atoms with Gasteiger partial charge in [0.15, 0.2) is 0 Å². The zero-order chi connectivity index (χ0) is 12.5. The van der Waals surface area contributed by atoms with Crippen LogP contribution in [0.2, 0.25) is 5.02 Å². The van der Waals surface area contributed by atoms with Gasteiger partial charge in [0, 0.05) is 16.8 Å². The summed E-state index contributed by atoms with van der Waals surface area (Å²) in [5.74, 6) is 0. The Balaban J connectivity index is 1.89. The predicted molar refractivity (Wildman–Crippen MR) is 71.6 cm³/mol. The number of aliphatic hydroxyl groups is 1.